The third kappa shape index (κ3) is 4.70. The van der Waals surface area contributed by atoms with Crippen LogP contribution in [0.2, 0.25) is 0 Å². The van der Waals surface area contributed by atoms with Gasteiger partial charge in [0.2, 0.25) is 5.71 Å². The Morgan fingerprint density at radius 1 is 0.610 bits per heavy atom. The number of benzene rings is 6. The maximum Gasteiger partial charge on any atom is 0.231 e. The van der Waals surface area contributed by atoms with Crippen LogP contribution in [0, 0.1) is 0 Å². The lowest BCUT2D eigenvalue weighted by atomic mass is 9.67. The molecule has 1 unspecified atom stereocenters. The molecule has 6 aromatic carbocycles. The fraction of sp³-hybridized carbons (Fsp3) is 0.200. The van der Waals surface area contributed by atoms with Crippen LogP contribution in [-0.2, 0) is 10.8 Å². The second kappa shape index (κ2) is 12.2. The van der Waals surface area contributed by atoms with Crippen LogP contribution >= 0.6 is 11.3 Å². The lowest BCUT2D eigenvalue weighted by Crippen LogP contribution is -2.28. The van der Waals surface area contributed by atoms with Crippen molar-refractivity contribution < 1.29 is 4.42 Å². The molecule has 0 bridgehead atoms. The number of furan rings is 1. The van der Waals surface area contributed by atoms with E-state index < -0.39 is 0 Å². The summed E-state index contributed by atoms with van der Waals surface area (Å²) in [4.78, 5) is 10.5. The summed E-state index contributed by atoms with van der Waals surface area (Å²) in [5.41, 5.74) is 17.9. The summed E-state index contributed by atoms with van der Waals surface area (Å²) in [6.07, 6.45) is 16.1. The standard InChI is InChI=1S/C55H42N2OS/c1-54(2)43-24-22-33(28-39(43)41-31-46-40(30-45(41)54)35-16-7-9-20-44(35)55(46)26-11-4-12-27-55)34-23-25-48-42(29-34)36-18-13-19-38(51(36)59-48)52-56-50(32-14-5-3-6-15-32)49-37-17-8-10-21-47(37)58-53(49)57-52/h3,5-10,13-14,16-25,28-32H,4,11-12,15,26-27H2,1-2H3. The van der Waals surface area contributed by atoms with Gasteiger partial charge in [-0.3, -0.25) is 0 Å². The van der Waals surface area contributed by atoms with E-state index in [9.17, 15) is 0 Å². The van der Waals surface area contributed by atoms with E-state index in [1.807, 2.05) is 23.5 Å². The molecule has 1 fully saturated rings. The minimum absolute atomic E-state index is 0.0727. The first-order valence-corrected chi connectivity index (χ1v) is 22.2. The van der Waals surface area contributed by atoms with Crippen molar-refractivity contribution >= 4 is 53.6 Å². The van der Waals surface area contributed by atoms with Crippen molar-refractivity contribution in [2.75, 3.05) is 0 Å². The molecule has 3 nitrogen and oxygen atoms in total. The number of fused-ring (bicyclic) bond motifs is 14. The third-order valence-corrected chi connectivity index (χ3v) is 15.7. The Hall–Kier alpha value is -6.10. The maximum atomic E-state index is 6.42. The summed E-state index contributed by atoms with van der Waals surface area (Å²) in [6.45, 7) is 4.84. The van der Waals surface area contributed by atoms with Crippen molar-refractivity contribution in [2.45, 2.75) is 69.1 Å². The highest BCUT2D eigenvalue weighted by Gasteiger charge is 2.46. The van der Waals surface area contributed by atoms with Gasteiger partial charge in [0.25, 0.3) is 0 Å². The smallest absolute Gasteiger partial charge is 0.231 e. The van der Waals surface area contributed by atoms with E-state index in [4.69, 9.17) is 14.4 Å². The summed E-state index contributed by atoms with van der Waals surface area (Å²) in [5.74, 6) is 0.876. The Morgan fingerprint density at radius 2 is 1.37 bits per heavy atom. The topological polar surface area (TPSA) is 38.9 Å². The lowest BCUT2D eigenvalue weighted by Gasteiger charge is -2.36. The number of allylic oxidation sites excluding steroid dienone is 4. The zero-order valence-electron chi connectivity index (χ0n) is 33.3. The molecule has 0 aliphatic heterocycles. The van der Waals surface area contributed by atoms with Gasteiger partial charge in [0.15, 0.2) is 5.82 Å². The van der Waals surface area contributed by atoms with Crippen molar-refractivity contribution in [3.8, 4) is 44.8 Å². The molecule has 0 amide bonds. The largest absolute Gasteiger partial charge is 0.438 e. The zero-order valence-corrected chi connectivity index (χ0v) is 34.1. The van der Waals surface area contributed by atoms with E-state index in [1.165, 1.54) is 96.8 Å². The molecule has 59 heavy (non-hydrogen) atoms. The number of nitrogens with zero attached hydrogens (tertiary/aromatic N) is 2. The Bertz CT molecular complexity index is 3330. The summed E-state index contributed by atoms with van der Waals surface area (Å²) in [7, 11) is 0. The van der Waals surface area contributed by atoms with E-state index in [2.05, 4.69) is 141 Å². The van der Waals surface area contributed by atoms with Crippen LogP contribution in [0.4, 0.5) is 0 Å². The number of rotatable bonds is 3. The van der Waals surface area contributed by atoms with Gasteiger partial charge in [-0.25, -0.2) is 4.98 Å². The molecule has 13 rings (SSSR count). The van der Waals surface area contributed by atoms with E-state index in [-0.39, 0.29) is 16.7 Å². The van der Waals surface area contributed by atoms with Gasteiger partial charge in [0.05, 0.1) is 11.1 Å². The molecule has 3 aromatic heterocycles. The first-order valence-electron chi connectivity index (χ1n) is 21.4. The number of para-hydroxylation sites is 1. The van der Waals surface area contributed by atoms with Crippen LogP contribution in [-0.4, -0.2) is 9.97 Å². The third-order valence-electron chi connectivity index (χ3n) is 14.4. The number of thiophene rings is 1. The quantitative estimate of drug-likeness (QED) is 0.179. The van der Waals surface area contributed by atoms with Gasteiger partial charge in [-0.2, -0.15) is 4.98 Å². The summed E-state index contributed by atoms with van der Waals surface area (Å²) >= 11 is 1.83. The van der Waals surface area contributed by atoms with Crippen molar-refractivity contribution in [3.63, 3.8) is 0 Å². The highest BCUT2D eigenvalue weighted by Crippen LogP contribution is 2.60. The van der Waals surface area contributed by atoms with Gasteiger partial charge < -0.3 is 4.42 Å². The number of aromatic nitrogens is 2. The number of hydrogen-bond donors (Lipinski definition) is 0. The first kappa shape index (κ1) is 33.8. The monoisotopic (exact) mass is 778 g/mol. The Labute approximate surface area is 347 Å². The molecule has 4 aliphatic rings. The van der Waals surface area contributed by atoms with Crippen molar-refractivity contribution in [2.24, 2.45) is 0 Å². The fourth-order valence-electron chi connectivity index (χ4n) is 11.5. The van der Waals surface area contributed by atoms with E-state index in [1.54, 1.807) is 11.1 Å². The second-order valence-corrected chi connectivity index (χ2v) is 18.9. The molecule has 9 aromatic rings. The minimum Gasteiger partial charge on any atom is -0.438 e. The van der Waals surface area contributed by atoms with Gasteiger partial charge in [-0.15, -0.1) is 11.3 Å². The van der Waals surface area contributed by atoms with E-state index in [0.29, 0.717) is 5.71 Å². The molecule has 4 heteroatoms. The predicted octanol–water partition coefficient (Wildman–Crippen LogP) is 15.2. The summed E-state index contributed by atoms with van der Waals surface area (Å²) < 4.78 is 8.89. The molecule has 4 aliphatic carbocycles. The molecule has 0 N–H and O–H groups in total. The second-order valence-electron chi connectivity index (χ2n) is 17.9. The predicted molar refractivity (Wildman–Crippen MR) is 246 cm³/mol. The Morgan fingerprint density at radius 3 is 2.27 bits per heavy atom. The average Bonchev–Trinajstić information content (AvgIpc) is 3.99. The lowest BCUT2D eigenvalue weighted by molar-refractivity contribution is 0.353. The van der Waals surface area contributed by atoms with Crippen LogP contribution in [0.25, 0.3) is 87.0 Å². The van der Waals surface area contributed by atoms with Crippen molar-refractivity contribution in [1.82, 2.24) is 9.97 Å². The van der Waals surface area contributed by atoms with Gasteiger partial charge in [-0.1, -0.05) is 130 Å². The molecule has 1 saturated carbocycles. The SMILES string of the molecule is CC1(C)c2ccc(-c3ccc4sc5c(-c6nc(C7C=CC=CC7)c7c(n6)oc6ccccc67)cccc5c4c3)cc2-c2cc3c(cc21)-c1ccccc1C31CCCCC1. The van der Waals surface area contributed by atoms with Crippen LogP contribution in [0.5, 0.6) is 0 Å². The fourth-order valence-corrected chi connectivity index (χ4v) is 12.7. The molecule has 1 atom stereocenters. The summed E-state index contributed by atoms with van der Waals surface area (Å²) in [5, 5.41) is 4.60. The van der Waals surface area contributed by atoms with Crippen molar-refractivity contribution in [1.29, 1.82) is 0 Å². The molecular weight excluding hydrogens is 737 g/mol. The molecule has 3 heterocycles. The van der Waals surface area contributed by atoms with Crippen LogP contribution in [0.15, 0.2) is 144 Å². The highest BCUT2D eigenvalue weighted by molar-refractivity contribution is 7.26. The Kier molecular flexibility index (Phi) is 7.01. The minimum atomic E-state index is -0.0727. The normalized spacial score (nSPS) is 18.2. The average molecular weight is 779 g/mol. The highest BCUT2D eigenvalue weighted by atomic mass is 32.1. The van der Waals surface area contributed by atoms with Gasteiger partial charge in [0, 0.05) is 47.9 Å². The van der Waals surface area contributed by atoms with Crippen LogP contribution in [0.3, 0.4) is 0 Å². The molecule has 284 valence electrons. The summed E-state index contributed by atoms with van der Waals surface area (Å²) in [6, 6.07) is 43.6. The number of hydrogen-bond acceptors (Lipinski definition) is 4. The van der Waals surface area contributed by atoms with Gasteiger partial charge in [0.1, 0.15) is 5.58 Å². The maximum absolute atomic E-state index is 6.42. The molecular formula is C55H42N2OS. The van der Waals surface area contributed by atoms with E-state index in [0.717, 1.165) is 39.9 Å². The molecule has 0 radical (unpaired) electrons. The molecule has 1 spiro atoms. The van der Waals surface area contributed by atoms with E-state index >= 15 is 0 Å². The van der Waals surface area contributed by atoms with Gasteiger partial charge >= 0.3 is 0 Å². The van der Waals surface area contributed by atoms with Crippen molar-refractivity contribution in [3.05, 3.63) is 168 Å². The van der Waals surface area contributed by atoms with Crippen LogP contribution in [0.1, 0.15) is 86.2 Å². The first-order chi connectivity index (χ1) is 29.0. The zero-order chi connectivity index (χ0) is 39.0. The van der Waals surface area contributed by atoms with Gasteiger partial charge in [-0.05, 0) is 117 Å². The Balaban J connectivity index is 0.937. The molecule has 0 saturated heterocycles. The van der Waals surface area contributed by atoms with Crippen LogP contribution < -0.4 is 0 Å².